The van der Waals surface area contributed by atoms with E-state index in [1.807, 2.05) is 6.07 Å². The second kappa shape index (κ2) is 6.11. The van der Waals surface area contributed by atoms with Gasteiger partial charge in [-0.1, -0.05) is 12.1 Å². The summed E-state index contributed by atoms with van der Waals surface area (Å²) in [6.45, 7) is 0.268. The number of carbonyl (C=O) groups is 2. The summed E-state index contributed by atoms with van der Waals surface area (Å²) >= 11 is 0. The zero-order valence-electron chi connectivity index (χ0n) is 11.3. The average Bonchev–Trinajstić information content (AvgIpc) is 2.85. The molecule has 2 rings (SSSR count). The molecule has 0 bridgehead atoms. The highest BCUT2D eigenvalue weighted by Gasteiger charge is 2.37. The van der Waals surface area contributed by atoms with Crippen LogP contribution in [0.25, 0.3) is 0 Å². The van der Waals surface area contributed by atoms with Crippen molar-refractivity contribution in [1.82, 2.24) is 4.90 Å². The van der Waals surface area contributed by atoms with Crippen LogP contribution in [0.3, 0.4) is 0 Å². The SMILES string of the molecule is C#CC1CC(=O)N([C@@H](Cc2cccc(C#N)c2)C(=O)O)C1. The monoisotopic (exact) mass is 282 g/mol. The number of benzene rings is 1. The zero-order chi connectivity index (χ0) is 15.4. The van der Waals surface area contributed by atoms with E-state index in [9.17, 15) is 14.7 Å². The van der Waals surface area contributed by atoms with E-state index in [1.54, 1.807) is 24.3 Å². The minimum Gasteiger partial charge on any atom is -0.480 e. The summed E-state index contributed by atoms with van der Waals surface area (Å²) in [7, 11) is 0. The first kappa shape index (κ1) is 14.6. The molecule has 5 heteroatoms. The number of aliphatic carboxylic acids is 1. The third kappa shape index (κ3) is 3.21. The van der Waals surface area contributed by atoms with Crippen molar-refractivity contribution in [2.75, 3.05) is 6.54 Å². The molecule has 5 nitrogen and oxygen atoms in total. The van der Waals surface area contributed by atoms with Crippen molar-refractivity contribution >= 4 is 11.9 Å². The van der Waals surface area contributed by atoms with Crippen molar-refractivity contribution in [1.29, 1.82) is 5.26 Å². The van der Waals surface area contributed by atoms with Gasteiger partial charge in [0.1, 0.15) is 6.04 Å². The maximum absolute atomic E-state index is 11.9. The number of amides is 1. The van der Waals surface area contributed by atoms with Crippen LogP contribution < -0.4 is 0 Å². The third-order valence-corrected chi connectivity index (χ3v) is 3.54. The van der Waals surface area contributed by atoms with Crippen molar-refractivity contribution in [2.24, 2.45) is 5.92 Å². The summed E-state index contributed by atoms with van der Waals surface area (Å²) in [6, 6.07) is 7.78. The van der Waals surface area contributed by atoms with Crippen LogP contribution in [0.2, 0.25) is 0 Å². The molecule has 2 atom stereocenters. The van der Waals surface area contributed by atoms with Gasteiger partial charge < -0.3 is 10.0 Å². The Balaban J connectivity index is 2.21. The van der Waals surface area contributed by atoms with Crippen molar-refractivity contribution in [3.8, 4) is 18.4 Å². The molecule has 1 aliphatic rings. The lowest BCUT2D eigenvalue weighted by Crippen LogP contribution is -2.43. The van der Waals surface area contributed by atoms with Crippen LogP contribution in [-0.2, 0) is 16.0 Å². The molecular formula is C16H14N2O3. The zero-order valence-corrected chi connectivity index (χ0v) is 11.3. The van der Waals surface area contributed by atoms with E-state index >= 15 is 0 Å². The van der Waals surface area contributed by atoms with E-state index < -0.39 is 12.0 Å². The molecule has 1 aromatic carbocycles. The predicted molar refractivity (Wildman–Crippen MR) is 74.9 cm³/mol. The number of terminal acetylenes is 1. The van der Waals surface area contributed by atoms with E-state index in [2.05, 4.69) is 5.92 Å². The fourth-order valence-electron chi connectivity index (χ4n) is 2.47. The van der Waals surface area contributed by atoms with E-state index in [0.717, 1.165) is 0 Å². The van der Waals surface area contributed by atoms with Gasteiger partial charge in [-0.25, -0.2) is 4.79 Å². The minimum absolute atomic E-state index is 0.161. The molecule has 0 aliphatic carbocycles. The van der Waals surface area contributed by atoms with Crippen molar-refractivity contribution in [3.05, 3.63) is 35.4 Å². The molecule has 1 unspecified atom stereocenters. The lowest BCUT2D eigenvalue weighted by Gasteiger charge is -2.24. The second-order valence-corrected chi connectivity index (χ2v) is 4.98. The number of nitrogens with zero attached hydrogens (tertiary/aromatic N) is 2. The lowest BCUT2D eigenvalue weighted by molar-refractivity contribution is -0.148. The normalized spacial score (nSPS) is 18.9. The molecule has 1 heterocycles. The van der Waals surface area contributed by atoms with E-state index in [0.29, 0.717) is 11.1 Å². The van der Waals surface area contributed by atoms with Crippen LogP contribution >= 0.6 is 0 Å². The van der Waals surface area contributed by atoms with Crippen LogP contribution in [0, 0.1) is 29.6 Å². The summed E-state index contributed by atoms with van der Waals surface area (Å²) in [5.41, 5.74) is 1.17. The Morgan fingerprint density at radius 1 is 1.57 bits per heavy atom. The number of carbonyl (C=O) groups excluding carboxylic acids is 1. The highest BCUT2D eigenvalue weighted by molar-refractivity contribution is 5.85. The Hall–Kier alpha value is -2.79. The second-order valence-electron chi connectivity index (χ2n) is 4.98. The Kier molecular flexibility index (Phi) is 4.25. The molecule has 0 radical (unpaired) electrons. The summed E-state index contributed by atoms with van der Waals surface area (Å²) < 4.78 is 0. The largest absolute Gasteiger partial charge is 0.480 e. The molecule has 1 saturated heterocycles. The first-order valence-corrected chi connectivity index (χ1v) is 6.52. The molecular weight excluding hydrogens is 268 g/mol. The van der Waals surface area contributed by atoms with E-state index in [-0.39, 0.29) is 31.2 Å². The quantitative estimate of drug-likeness (QED) is 0.836. The van der Waals surface area contributed by atoms with Gasteiger partial charge in [0, 0.05) is 25.3 Å². The predicted octanol–water partition coefficient (Wildman–Crippen LogP) is 1.04. The first-order valence-electron chi connectivity index (χ1n) is 6.52. The summed E-state index contributed by atoms with van der Waals surface area (Å²) in [6.07, 6.45) is 5.67. The van der Waals surface area contributed by atoms with Crippen LogP contribution in [0.15, 0.2) is 24.3 Å². The number of rotatable bonds is 4. The summed E-state index contributed by atoms with van der Waals surface area (Å²) in [5.74, 6) is 0.969. The molecule has 0 aromatic heterocycles. The highest BCUT2D eigenvalue weighted by atomic mass is 16.4. The summed E-state index contributed by atoms with van der Waals surface area (Å²) in [5, 5.41) is 18.3. The first-order chi connectivity index (χ1) is 10.0. The summed E-state index contributed by atoms with van der Waals surface area (Å²) in [4.78, 5) is 24.7. The molecule has 1 fully saturated rings. The Labute approximate surface area is 122 Å². The smallest absolute Gasteiger partial charge is 0.326 e. The maximum atomic E-state index is 11.9. The number of hydrogen-bond acceptors (Lipinski definition) is 3. The highest BCUT2D eigenvalue weighted by Crippen LogP contribution is 2.22. The third-order valence-electron chi connectivity index (χ3n) is 3.54. The van der Waals surface area contributed by atoms with Gasteiger partial charge in [-0.05, 0) is 17.7 Å². The molecule has 1 aliphatic heterocycles. The molecule has 0 saturated carbocycles. The topological polar surface area (TPSA) is 81.4 Å². The molecule has 1 N–H and O–H groups in total. The number of likely N-dealkylation sites (tertiary alicyclic amines) is 1. The van der Waals surface area contributed by atoms with Gasteiger partial charge in [0.05, 0.1) is 11.6 Å². The maximum Gasteiger partial charge on any atom is 0.326 e. The van der Waals surface area contributed by atoms with Gasteiger partial charge in [0.2, 0.25) is 5.91 Å². The van der Waals surface area contributed by atoms with Crippen molar-refractivity contribution < 1.29 is 14.7 Å². The Bertz CT molecular complexity index is 654. The van der Waals surface area contributed by atoms with Gasteiger partial charge in [0.25, 0.3) is 0 Å². The fraction of sp³-hybridized carbons (Fsp3) is 0.312. The van der Waals surface area contributed by atoms with E-state index in [1.165, 1.54) is 4.90 Å². The van der Waals surface area contributed by atoms with Gasteiger partial charge in [0.15, 0.2) is 0 Å². The van der Waals surface area contributed by atoms with Crippen molar-refractivity contribution in [2.45, 2.75) is 18.9 Å². The van der Waals surface area contributed by atoms with Gasteiger partial charge >= 0.3 is 5.97 Å². The number of carboxylic acid groups (broad SMARTS) is 1. The standard InChI is InChI=1S/C16H14N2O3/c1-2-11-8-15(19)18(10-11)14(16(20)21)7-12-4-3-5-13(6-12)9-17/h1,3-6,11,14H,7-8,10H2,(H,20,21)/t11?,14-/m0/s1. The van der Waals surface area contributed by atoms with Gasteiger partial charge in [-0.15, -0.1) is 12.3 Å². The molecule has 106 valence electrons. The lowest BCUT2D eigenvalue weighted by atomic mass is 10.0. The molecule has 1 aromatic rings. The Morgan fingerprint density at radius 3 is 2.90 bits per heavy atom. The minimum atomic E-state index is -1.07. The number of hydrogen-bond donors (Lipinski definition) is 1. The molecule has 1 amide bonds. The van der Waals surface area contributed by atoms with Crippen LogP contribution in [-0.4, -0.2) is 34.5 Å². The van der Waals surface area contributed by atoms with Crippen LogP contribution in [0.4, 0.5) is 0 Å². The Morgan fingerprint density at radius 2 is 2.33 bits per heavy atom. The van der Waals surface area contributed by atoms with Gasteiger partial charge in [-0.3, -0.25) is 4.79 Å². The number of nitriles is 1. The van der Waals surface area contributed by atoms with Gasteiger partial charge in [-0.2, -0.15) is 5.26 Å². The van der Waals surface area contributed by atoms with E-state index in [4.69, 9.17) is 11.7 Å². The van der Waals surface area contributed by atoms with Crippen LogP contribution in [0.5, 0.6) is 0 Å². The number of carboxylic acids is 1. The molecule has 0 spiro atoms. The average molecular weight is 282 g/mol. The molecule has 21 heavy (non-hydrogen) atoms. The van der Waals surface area contributed by atoms with Crippen molar-refractivity contribution in [3.63, 3.8) is 0 Å². The fourth-order valence-corrected chi connectivity index (χ4v) is 2.47. The van der Waals surface area contributed by atoms with Crippen LogP contribution in [0.1, 0.15) is 17.5 Å².